The number of hydrogen-bond acceptors (Lipinski definition) is 2. The van der Waals surface area contributed by atoms with Crippen LogP contribution in [0.25, 0.3) is 5.69 Å². The number of unbranched alkanes of at least 4 members (excludes halogenated alkanes) is 1. The zero-order chi connectivity index (χ0) is 12.8. The second-order valence-corrected chi connectivity index (χ2v) is 4.67. The number of anilines is 1. The first-order chi connectivity index (χ1) is 8.81. The second-order valence-electron chi connectivity index (χ2n) is 4.67. The summed E-state index contributed by atoms with van der Waals surface area (Å²) >= 11 is 0. The van der Waals surface area contributed by atoms with Crippen molar-refractivity contribution in [2.45, 2.75) is 39.2 Å². The number of imidazole rings is 1. The maximum atomic E-state index is 4.10. The van der Waals surface area contributed by atoms with E-state index in [2.05, 4.69) is 48.4 Å². The maximum absolute atomic E-state index is 4.10. The van der Waals surface area contributed by atoms with Crippen LogP contribution in [0.1, 0.15) is 33.1 Å². The van der Waals surface area contributed by atoms with E-state index in [0.717, 1.165) is 5.69 Å². The smallest absolute Gasteiger partial charge is 0.0992 e. The van der Waals surface area contributed by atoms with E-state index < -0.39 is 0 Å². The molecular weight excluding hydrogens is 222 g/mol. The Bertz CT molecular complexity index is 462. The van der Waals surface area contributed by atoms with Gasteiger partial charge in [-0.2, -0.15) is 0 Å². The van der Waals surface area contributed by atoms with Crippen LogP contribution in [-0.2, 0) is 0 Å². The Labute approximate surface area is 109 Å². The fraction of sp³-hybridized carbons (Fsp3) is 0.400. The van der Waals surface area contributed by atoms with Crippen LogP contribution in [0.2, 0.25) is 0 Å². The lowest BCUT2D eigenvalue weighted by Gasteiger charge is -2.18. The fourth-order valence-electron chi connectivity index (χ4n) is 2.07. The van der Waals surface area contributed by atoms with Crippen molar-refractivity contribution >= 4 is 5.69 Å². The SMILES string of the molecule is CCCCC(C)Nc1ccccc1-n1ccnc1. The number of rotatable bonds is 6. The molecule has 2 rings (SSSR count). The second kappa shape index (κ2) is 6.24. The summed E-state index contributed by atoms with van der Waals surface area (Å²) in [5, 5.41) is 3.58. The molecule has 0 bridgehead atoms. The predicted molar refractivity (Wildman–Crippen MR) is 76.2 cm³/mol. The van der Waals surface area contributed by atoms with Crippen molar-refractivity contribution in [1.29, 1.82) is 0 Å². The monoisotopic (exact) mass is 243 g/mol. The highest BCUT2D eigenvalue weighted by molar-refractivity contribution is 5.61. The van der Waals surface area contributed by atoms with Crippen LogP contribution in [0.4, 0.5) is 5.69 Å². The Hall–Kier alpha value is -1.77. The van der Waals surface area contributed by atoms with E-state index in [9.17, 15) is 0 Å². The van der Waals surface area contributed by atoms with E-state index in [4.69, 9.17) is 0 Å². The number of benzene rings is 1. The topological polar surface area (TPSA) is 29.9 Å². The van der Waals surface area contributed by atoms with Gasteiger partial charge in [0.2, 0.25) is 0 Å². The van der Waals surface area contributed by atoms with Gasteiger partial charge >= 0.3 is 0 Å². The summed E-state index contributed by atoms with van der Waals surface area (Å²) in [6.07, 6.45) is 9.32. The average molecular weight is 243 g/mol. The molecule has 0 spiro atoms. The van der Waals surface area contributed by atoms with Gasteiger partial charge in [-0.1, -0.05) is 31.9 Å². The van der Waals surface area contributed by atoms with Crippen LogP contribution in [0.5, 0.6) is 0 Å². The molecule has 1 aromatic carbocycles. The lowest BCUT2D eigenvalue weighted by atomic mass is 10.1. The molecule has 18 heavy (non-hydrogen) atoms. The minimum Gasteiger partial charge on any atom is -0.381 e. The van der Waals surface area contributed by atoms with Crippen molar-refractivity contribution < 1.29 is 0 Å². The molecule has 2 aromatic rings. The summed E-state index contributed by atoms with van der Waals surface area (Å²) in [4.78, 5) is 4.10. The summed E-state index contributed by atoms with van der Waals surface area (Å²) in [5.41, 5.74) is 2.32. The van der Waals surface area contributed by atoms with E-state index in [1.165, 1.54) is 24.9 Å². The Morgan fingerprint density at radius 2 is 2.17 bits per heavy atom. The average Bonchev–Trinajstić information content (AvgIpc) is 2.91. The van der Waals surface area contributed by atoms with Crippen molar-refractivity contribution in [2.24, 2.45) is 0 Å². The number of para-hydroxylation sites is 2. The quantitative estimate of drug-likeness (QED) is 0.834. The van der Waals surface area contributed by atoms with E-state index in [1.54, 1.807) is 6.20 Å². The van der Waals surface area contributed by atoms with Gasteiger partial charge in [0.15, 0.2) is 0 Å². The highest BCUT2D eigenvalue weighted by Crippen LogP contribution is 2.21. The van der Waals surface area contributed by atoms with Crippen molar-refractivity contribution in [3.63, 3.8) is 0 Å². The van der Waals surface area contributed by atoms with E-state index >= 15 is 0 Å². The molecule has 0 fully saturated rings. The van der Waals surface area contributed by atoms with Gasteiger partial charge < -0.3 is 9.88 Å². The van der Waals surface area contributed by atoms with Crippen LogP contribution < -0.4 is 5.32 Å². The van der Waals surface area contributed by atoms with Gasteiger partial charge in [-0.15, -0.1) is 0 Å². The molecule has 1 unspecified atom stereocenters. The van der Waals surface area contributed by atoms with Gasteiger partial charge in [-0.05, 0) is 25.5 Å². The van der Waals surface area contributed by atoms with Crippen LogP contribution >= 0.6 is 0 Å². The first-order valence-electron chi connectivity index (χ1n) is 6.65. The van der Waals surface area contributed by atoms with E-state index in [0.29, 0.717) is 6.04 Å². The lowest BCUT2D eigenvalue weighted by molar-refractivity contribution is 0.645. The molecular formula is C15H21N3. The maximum Gasteiger partial charge on any atom is 0.0992 e. The first kappa shape index (κ1) is 12.7. The number of hydrogen-bond donors (Lipinski definition) is 1. The molecule has 0 saturated heterocycles. The minimum atomic E-state index is 0.495. The largest absolute Gasteiger partial charge is 0.381 e. The minimum absolute atomic E-state index is 0.495. The molecule has 1 N–H and O–H groups in total. The summed E-state index contributed by atoms with van der Waals surface area (Å²) in [6.45, 7) is 4.46. The highest BCUT2D eigenvalue weighted by Gasteiger charge is 2.06. The Kier molecular flexibility index (Phi) is 4.40. The molecule has 96 valence electrons. The first-order valence-corrected chi connectivity index (χ1v) is 6.65. The Morgan fingerprint density at radius 3 is 2.89 bits per heavy atom. The molecule has 3 nitrogen and oxygen atoms in total. The van der Waals surface area contributed by atoms with Crippen LogP contribution in [0.15, 0.2) is 43.0 Å². The van der Waals surface area contributed by atoms with Crippen molar-refractivity contribution in [2.75, 3.05) is 5.32 Å². The Morgan fingerprint density at radius 1 is 1.33 bits per heavy atom. The van der Waals surface area contributed by atoms with E-state index in [1.807, 2.05) is 17.1 Å². The molecule has 1 atom stereocenters. The van der Waals surface area contributed by atoms with Crippen molar-refractivity contribution in [3.8, 4) is 5.69 Å². The lowest BCUT2D eigenvalue weighted by Crippen LogP contribution is -2.16. The van der Waals surface area contributed by atoms with Crippen LogP contribution in [0.3, 0.4) is 0 Å². The molecule has 0 saturated carbocycles. The zero-order valence-corrected chi connectivity index (χ0v) is 11.1. The van der Waals surface area contributed by atoms with Crippen LogP contribution in [-0.4, -0.2) is 15.6 Å². The molecule has 0 aliphatic rings. The molecule has 1 heterocycles. The van der Waals surface area contributed by atoms with E-state index in [-0.39, 0.29) is 0 Å². The third kappa shape index (κ3) is 3.13. The standard InChI is InChI=1S/C15H21N3/c1-3-4-7-13(2)17-14-8-5-6-9-15(14)18-11-10-16-12-18/h5-6,8-13,17H,3-4,7H2,1-2H3. The van der Waals surface area contributed by atoms with Crippen molar-refractivity contribution in [3.05, 3.63) is 43.0 Å². The zero-order valence-electron chi connectivity index (χ0n) is 11.1. The third-order valence-corrected chi connectivity index (χ3v) is 3.08. The normalized spacial score (nSPS) is 12.3. The van der Waals surface area contributed by atoms with Crippen LogP contribution in [0, 0.1) is 0 Å². The molecule has 0 amide bonds. The molecule has 0 aliphatic heterocycles. The summed E-state index contributed by atoms with van der Waals surface area (Å²) in [6, 6.07) is 8.84. The van der Waals surface area contributed by atoms with Gasteiger partial charge in [0, 0.05) is 18.4 Å². The third-order valence-electron chi connectivity index (χ3n) is 3.08. The number of nitrogens with zero attached hydrogens (tertiary/aromatic N) is 2. The predicted octanol–water partition coefficient (Wildman–Crippen LogP) is 3.86. The highest BCUT2D eigenvalue weighted by atomic mass is 15.1. The Balaban J connectivity index is 2.13. The number of nitrogens with one attached hydrogen (secondary N) is 1. The molecule has 0 radical (unpaired) electrons. The summed E-state index contributed by atoms with van der Waals surface area (Å²) in [5.74, 6) is 0. The van der Waals surface area contributed by atoms with Gasteiger partial charge in [0.05, 0.1) is 17.7 Å². The van der Waals surface area contributed by atoms with Gasteiger partial charge in [-0.3, -0.25) is 0 Å². The molecule has 1 aromatic heterocycles. The molecule has 3 heteroatoms. The van der Waals surface area contributed by atoms with Gasteiger partial charge in [0.25, 0.3) is 0 Å². The number of aromatic nitrogens is 2. The molecule has 0 aliphatic carbocycles. The van der Waals surface area contributed by atoms with Gasteiger partial charge in [-0.25, -0.2) is 4.98 Å². The summed E-state index contributed by atoms with van der Waals surface area (Å²) < 4.78 is 2.04. The summed E-state index contributed by atoms with van der Waals surface area (Å²) in [7, 11) is 0. The van der Waals surface area contributed by atoms with Gasteiger partial charge in [0.1, 0.15) is 0 Å². The fourth-order valence-corrected chi connectivity index (χ4v) is 2.07. The van der Waals surface area contributed by atoms with Crippen molar-refractivity contribution in [1.82, 2.24) is 9.55 Å².